The van der Waals surface area contributed by atoms with E-state index in [4.69, 9.17) is 18.9 Å². The summed E-state index contributed by atoms with van der Waals surface area (Å²) in [6.07, 6.45) is 0. The van der Waals surface area contributed by atoms with Crippen molar-refractivity contribution in [3.8, 4) is 11.5 Å². The van der Waals surface area contributed by atoms with Crippen molar-refractivity contribution < 1.29 is 46.5 Å². The minimum absolute atomic E-state index is 0.0449. The van der Waals surface area contributed by atoms with Crippen molar-refractivity contribution in [1.29, 1.82) is 0 Å². The monoisotopic (exact) mass is 478 g/mol. The SMILES string of the molecule is CC(=O)OCc1cc(S(=O)(=O)c2ccc(OC(C)=O)c(COC(C)=O)c2)ccc1OC(C)=O. The van der Waals surface area contributed by atoms with E-state index in [9.17, 15) is 27.6 Å². The maximum absolute atomic E-state index is 13.3. The molecule has 0 fully saturated rings. The molecule has 0 spiro atoms. The molecule has 0 aliphatic carbocycles. The minimum Gasteiger partial charge on any atom is -0.461 e. The number of sulfone groups is 1. The number of benzene rings is 2. The molecule has 0 aliphatic rings. The van der Waals surface area contributed by atoms with Crippen LogP contribution < -0.4 is 9.47 Å². The quantitative estimate of drug-likeness (QED) is 0.410. The van der Waals surface area contributed by atoms with E-state index in [-0.39, 0.29) is 45.6 Å². The van der Waals surface area contributed by atoms with Crippen LogP contribution in [0.5, 0.6) is 11.5 Å². The van der Waals surface area contributed by atoms with Gasteiger partial charge in [0.2, 0.25) is 9.84 Å². The largest absolute Gasteiger partial charge is 0.461 e. The molecule has 0 N–H and O–H groups in total. The van der Waals surface area contributed by atoms with E-state index in [1.165, 1.54) is 64.1 Å². The highest BCUT2D eigenvalue weighted by Crippen LogP contribution is 2.30. The Hall–Kier alpha value is -3.73. The first kappa shape index (κ1) is 25.5. The third-order valence-electron chi connectivity index (χ3n) is 4.05. The number of hydrogen-bond acceptors (Lipinski definition) is 10. The van der Waals surface area contributed by atoms with E-state index >= 15 is 0 Å². The van der Waals surface area contributed by atoms with Crippen molar-refractivity contribution in [2.24, 2.45) is 0 Å². The van der Waals surface area contributed by atoms with Gasteiger partial charge in [0, 0.05) is 38.8 Å². The molecule has 0 aromatic heterocycles. The molecule has 11 heteroatoms. The van der Waals surface area contributed by atoms with Crippen LogP contribution in [0.15, 0.2) is 46.2 Å². The van der Waals surface area contributed by atoms with E-state index in [1.54, 1.807) is 0 Å². The van der Waals surface area contributed by atoms with Crippen LogP contribution in [0.25, 0.3) is 0 Å². The van der Waals surface area contributed by atoms with Crippen molar-refractivity contribution in [3.05, 3.63) is 47.5 Å². The van der Waals surface area contributed by atoms with E-state index in [2.05, 4.69) is 0 Å². The van der Waals surface area contributed by atoms with Crippen LogP contribution in [0.2, 0.25) is 0 Å². The molecule has 2 rings (SSSR count). The minimum atomic E-state index is -4.11. The van der Waals surface area contributed by atoms with Gasteiger partial charge in [-0.1, -0.05) is 0 Å². The van der Waals surface area contributed by atoms with Gasteiger partial charge in [-0.3, -0.25) is 19.2 Å². The summed E-state index contributed by atoms with van der Waals surface area (Å²) in [7, 11) is -4.11. The normalized spacial score (nSPS) is 10.8. The number of carbonyl (C=O) groups excluding carboxylic acids is 4. The van der Waals surface area contributed by atoms with Crippen LogP contribution in [-0.2, 0) is 51.7 Å². The summed E-state index contributed by atoms with van der Waals surface area (Å²) in [5.41, 5.74) is 0.330. The van der Waals surface area contributed by atoms with Gasteiger partial charge in [-0.25, -0.2) is 8.42 Å². The van der Waals surface area contributed by atoms with Gasteiger partial charge in [0.15, 0.2) is 0 Å². The maximum atomic E-state index is 13.3. The molecular weight excluding hydrogens is 456 g/mol. The van der Waals surface area contributed by atoms with Gasteiger partial charge >= 0.3 is 23.9 Å². The molecule has 0 saturated heterocycles. The van der Waals surface area contributed by atoms with E-state index in [0.29, 0.717) is 0 Å². The number of esters is 4. The zero-order valence-electron chi connectivity index (χ0n) is 18.4. The Morgan fingerprint density at radius 1 is 0.636 bits per heavy atom. The number of carbonyl (C=O) groups is 4. The van der Waals surface area contributed by atoms with Gasteiger partial charge in [0.25, 0.3) is 0 Å². The molecule has 0 bridgehead atoms. The molecule has 0 heterocycles. The van der Waals surface area contributed by atoms with Gasteiger partial charge in [-0.15, -0.1) is 0 Å². The third kappa shape index (κ3) is 7.14. The molecule has 10 nitrogen and oxygen atoms in total. The van der Waals surface area contributed by atoms with Crippen molar-refractivity contribution in [1.82, 2.24) is 0 Å². The first-order valence-electron chi connectivity index (χ1n) is 9.54. The second-order valence-corrected chi connectivity index (χ2v) is 8.74. The lowest BCUT2D eigenvalue weighted by Crippen LogP contribution is -2.10. The molecule has 0 saturated carbocycles. The molecule has 0 aliphatic heterocycles. The lowest BCUT2D eigenvalue weighted by atomic mass is 10.2. The molecule has 176 valence electrons. The summed E-state index contributed by atoms with van der Waals surface area (Å²) in [6, 6.07) is 7.47. The number of ether oxygens (including phenoxy) is 4. The summed E-state index contributed by atoms with van der Waals surface area (Å²) < 4.78 is 46.5. The van der Waals surface area contributed by atoms with Gasteiger partial charge in [-0.05, 0) is 36.4 Å². The Morgan fingerprint density at radius 3 is 1.30 bits per heavy atom. The highest BCUT2D eigenvalue weighted by atomic mass is 32.2. The second-order valence-electron chi connectivity index (χ2n) is 6.79. The standard InChI is InChI=1S/C22H22O10S/c1-13(23)29-11-17-9-19(5-7-21(17)31-15(3)25)33(27,28)20-6-8-22(32-16(4)26)18(10-20)12-30-14(2)24/h5-10H,11-12H2,1-4H3. The summed E-state index contributed by atoms with van der Waals surface area (Å²) in [5, 5.41) is 0. The first-order valence-corrected chi connectivity index (χ1v) is 11.0. The third-order valence-corrected chi connectivity index (χ3v) is 5.80. The molecular formula is C22H22O10S. The summed E-state index contributed by atoms with van der Waals surface area (Å²) in [4.78, 5) is 44.7. The summed E-state index contributed by atoms with van der Waals surface area (Å²) in [6.45, 7) is 4.09. The molecule has 33 heavy (non-hydrogen) atoms. The van der Waals surface area contributed by atoms with Crippen LogP contribution in [0.3, 0.4) is 0 Å². The number of rotatable bonds is 8. The fourth-order valence-electron chi connectivity index (χ4n) is 2.68. The lowest BCUT2D eigenvalue weighted by molar-refractivity contribution is -0.143. The molecule has 0 atom stereocenters. The predicted molar refractivity (Wildman–Crippen MR) is 112 cm³/mol. The Labute approximate surface area is 190 Å². The molecule has 0 radical (unpaired) electrons. The van der Waals surface area contributed by atoms with Crippen molar-refractivity contribution in [2.75, 3.05) is 0 Å². The van der Waals surface area contributed by atoms with Gasteiger partial charge in [0.05, 0.1) is 9.79 Å². The van der Waals surface area contributed by atoms with E-state index in [0.717, 1.165) is 0 Å². The van der Waals surface area contributed by atoms with Crippen LogP contribution in [0.1, 0.15) is 38.8 Å². The fourth-order valence-corrected chi connectivity index (χ4v) is 4.04. The highest BCUT2D eigenvalue weighted by Gasteiger charge is 2.22. The average Bonchev–Trinajstić information content (AvgIpc) is 2.71. The Morgan fingerprint density at radius 2 is 1.00 bits per heavy atom. The van der Waals surface area contributed by atoms with Crippen LogP contribution in [-0.4, -0.2) is 32.3 Å². The molecule has 0 unspecified atom stereocenters. The van der Waals surface area contributed by atoms with Gasteiger partial charge in [0.1, 0.15) is 24.7 Å². The second kappa shape index (κ2) is 10.7. The van der Waals surface area contributed by atoms with E-state index < -0.39 is 33.7 Å². The lowest BCUT2D eigenvalue weighted by Gasteiger charge is -2.14. The van der Waals surface area contributed by atoms with Gasteiger partial charge in [-0.2, -0.15) is 0 Å². The van der Waals surface area contributed by atoms with Crippen molar-refractivity contribution in [3.63, 3.8) is 0 Å². The molecule has 2 aromatic rings. The fraction of sp³-hybridized carbons (Fsp3) is 0.273. The Kier molecular flexibility index (Phi) is 8.30. The smallest absolute Gasteiger partial charge is 0.308 e. The van der Waals surface area contributed by atoms with Crippen molar-refractivity contribution >= 4 is 33.7 Å². The average molecular weight is 478 g/mol. The summed E-state index contributed by atoms with van der Waals surface area (Å²) in [5.74, 6) is -2.38. The number of hydrogen-bond donors (Lipinski definition) is 0. The predicted octanol–water partition coefficient (Wildman–Crippen LogP) is 2.50. The van der Waals surface area contributed by atoms with Crippen LogP contribution in [0.4, 0.5) is 0 Å². The van der Waals surface area contributed by atoms with E-state index in [1.807, 2.05) is 0 Å². The van der Waals surface area contributed by atoms with Crippen molar-refractivity contribution in [2.45, 2.75) is 50.7 Å². The van der Waals surface area contributed by atoms with Crippen LogP contribution >= 0.6 is 0 Å². The highest BCUT2D eigenvalue weighted by molar-refractivity contribution is 7.91. The first-order chi connectivity index (χ1) is 15.4. The zero-order valence-corrected chi connectivity index (χ0v) is 19.2. The topological polar surface area (TPSA) is 139 Å². The summed E-state index contributed by atoms with van der Waals surface area (Å²) >= 11 is 0. The molecule has 0 amide bonds. The Balaban J connectivity index is 2.52. The Bertz CT molecular complexity index is 1110. The van der Waals surface area contributed by atoms with Gasteiger partial charge < -0.3 is 18.9 Å². The molecule has 2 aromatic carbocycles. The maximum Gasteiger partial charge on any atom is 0.308 e. The zero-order chi connectivity index (χ0) is 24.8. The van der Waals surface area contributed by atoms with Crippen LogP contribution in [0, 0.1) is 0 Å².